The van der Waals surface area contributed by atoms with Crippen LogP contribution >= 0.6 is 11.3 Å². The van der Waals surface area contributed by atoms with Crippen molar-refractivity contribution in [3.8, 4) is 0 Å². The first kappa shape index (κ1) is 15.5. The maximum absolute atomic E-state index is 4.78. The van der Waals surface area contributed by atoms with E-state index in [1.165, 1.54) is 16.6 Å². The van der Waals surface area contributed by atoms with Gasteiger partial charge in [-0.3, -0.25) is 0 Å². The van der Waals surface area contributed by atoms with Crippen LogP contribution in [0.3, 0.4) is 0 Å². The number of nitrogens with zero attached hydrogens (tertiary/aromatic N) is 3. The number of nitrogens with one attached hydrogen (secondary N) is 1. The molecule has 0 aliphatic heterocycles. The largest absolute Gasteiger partial charge is 0.340 e. The molecule has 25 heavy (non-hydrogen) atoms. The molecule has 0 saturated carbocycles. The van der Waals surface area contributed by atoms with Gasteiger partial charge in [0.25, 0.3) is 0 Å². The molecule has 2 heterocycles. The minimum atomic E-state index is 0.740. The summed E-state index contributed by atoms with van der Waals surface area (Å²) in [6.07, 6.45) is 5.85. The first-order valence-electron chi connectivity index (χ1n) is 7.95. The Kier molecular flexibility index (Phi) is 4.23. The molecule has 0 radical (unpaired) electrons. The SMILES string of the molecule is C=Cc1cncnc1Nc1ccc2sc(Cc3ccccc3)nc2c1. The summed E-state index contributed by atoms with van der Waals surface area (Å²) >= 11 is 1.73. The van der Waals surface area contributed by atoms with Crippen molar-refractivity contribution in [2.24, 2.45) is 0 Å². The molecule has 2 aromatic carbocycles. The van der Waals surface area contributed by atoms with E-state index in [0.29, 0.717) is 0 Å². The lowest BCUT2D eigenvalue weighted by atomic mass is 10.2. The molecule has 0 amide bonds. The van der Waals surface area contributed by atoms with Crippen LogP contribution in [0.15, 0.2) is 67.6 Å². The van der Waals surface area contributed by atoms with Crippen molar-refractivity contribution in [3.05, 3.63) is 83.8 Å². The predicted octanol–water partition coefficient (Wildman–Crippen LogP) is 5.06. The van der Waals surface area contributed by atoms with Crippen LogP contribution in [-0.4, -0.2) is 15.0 Å². The summed E-state index contributed by atoms with van der Waals surface area (Å²) in [5.74, 6) is 0.740. The maximum Gasteiger partial charge on any atom is 0.141 e. The summed E-state index contributed by atoms with van der Waals surface area (Å²) in [4.78, 5) is 13.1. The number of anilines is 2. The lowest BCUT2D eigenvalue weighted by Gasteiger charge is -2.07. The second-order valence-electron chi connectivity index (χ2n) is 5.61. The molecule has 1 N–H and O–H groups in total. The van der Waals surface area contributed by atoms with Gasteiger partial charge in [-0.05, 0) is 23.8 Å². The molecule has 0 saturated heterocycles. The predicted molar refractivity (Wildman–Crippen MR) is 104 cm³/mol. The molecule has 5 heteroatoms. The van der Waals surface area contributed by atoms with Crippen LogP contribution in [0.1, 0.15) is 16.1 Å². The summed E-state index contributed by atoms with van der Waals surface area (Å²) in [5.41, 5.74) is 4.09. The molecule has 122 valence electrons. The van der Waals surface area contributed by atoms with Crippen LogP contribution in [0.25, 0.3) is 16.3 Å². The number of aromatic nitrogens is 3. The summed E-state index contributed by atoms with van der Waals surface area (Å²) in [7, 11) is 0. The summed E-state index contributed by atoms with van der Waals surface area (Å²) in [6.45, 7) is 3.80. The highest BCUT2D eigenvalue weighted by Gasteiger charge is 2.07. The zero-order chi connectivity index (χ0) is 17.1. The van der Waals surface area contributed by atoms with E-state index >= 15 is 0 Å². The third-order valence-electron chi connectivity index (χ3n) is 3.85. The fraction of sp³-hybridized carbons (Fsp3) is 0.0500. The summed E-state index contributed by atoms with van der Waals surface area (Å²) in [6, 6.07) is 16.6. The van der Waals surface area contributed by atoms with Crippen molar-refractivity contribution in [1.29, 1.82) is 0 Å². The Morgan fingerprint density at radius 3 is 2.84 bits per heavy atom. The molecule has 2 aromatic heterocycles. The molecule has 0 spiro atoms. The Morgan fingerprint density at radius 1 is 1.12 bits per heavy atom. The fourth-order valence-corrected chi connectivity index (χ4v) is 3.61. The average molecular weight is 344 g/mol. The van der Waals surface area contributed by atoms with Gasteiger partial charge < -0.3 is 5.32 Å². The van der Waals surface area contributed by atoms with Crippen LogP contribution in [0, 0.1) is 0 Å². The Hall–Kier alpha value is -3.05. The lowest BCUT2D eigenvalue weighted by Crippen LogP contribution is -1.96. The minimum Gasteiger partial charge on any atom is -0.340 e. The third kappa shape index (κ3) is 3.41. The number of benzene rings is 2. The second kappa shape index (κ2) is 6.83. The molecular weight excluding hydrogens is 328 g/mol. The van der Waals surface area contributed by atoms with Crippen molar-refractivity contribution in [1.82, 2.24) is 15.0 Å². The Balaban J connectivity index is 1.61. The molecule has 4 aromatic rings. The second-order valence-corrected chi connectivity index (χ2v) is 6.72. The smallest absolute Gasteiger partial charge is 0.141 e. The standard InChI is InChI=1S/C20H16N4S/c1-2-15-12-21-13-22-20(15)23-16-8-9-18-17(11-16)24-19(25-18)10-14-6-4-3-5-7-14/h2-9,11-13H,1,10H2,(H,21,22,23). The third-order valence-corrected chi connectivity index (χ3v) is 4.89. The van der Waals surface area contributed by atoms with Crippen molar-refractivity contribution >= 4 is 39.1 Å². The molecule has 4 rings (SSSR count). The molecule has 0 aliphatic rings. The molecule has 0 atom stereocenters. The minimum absolute atomic E-state index is 0.740. The van der Waals surface area contributed by atoms with E-state index in [4.69, 9.17) is 4.98 Å². The van der Waals surface area contributed by atoms with E-state index in [0.717, 1.165) is 34.0 Å². The molecule has 0 bridgehead atoms. The monoisotopic (exact) mass is 344 g/mol. The molecular formula is C20H16N4S. The molecule has 0 aliphatic carbocycles. The molecule has 0 fully saturated rings. The Morgan fingerprint density at radius 2 is 2.00 bits per heavy atom. The normalized spacial score (nSPS) is 10.7. The van der Waals surface area contributed by atoms with Crippen molar-refractivity contribution in [2.45, 2.75) is 6.42 Å². The Labute approximate surface area is 149 Å². The van der Waals surface area contributed by atoms with E-state index in [1.807, 2.05) is 12.1 Å². The van der Waals surface area contributed by atoms with Gasteiger partial charge in [-0.25, -0.2) is 15.0 Å². The number of thiazole rings is 1. The van der Waals surface area contributed by atoms with Crippen molar-refractivity contribution in [2.75, 3.05) is 5.32 Å². The number of fused-ring (bicyclic) bond motifs is 1. The average Bonchev–Trinajstić information content (AvgIpc) is 3.04. The van der Waals surface area contributed by atoms with Gasteiger partial charge in [-0.2, -0.15) is 0 Å². The highest BCUT2D eigenvalue weighted by Crippen LogP contribution is 2.28. The van der Waals surface area contributed by atoms with Crippen LogP contribution in [0.4, 0.5) is 11.5 Å². The number of hydrogen-bond acceptors (Lipinski definition) is 5. The van der Waals surface area contributed by atoms with Gasteiger partial charge in [0.15, 0.2) is 0 Å². The van der Waals surface area contributed by atoms with Crippen LogP contribution in [-0.2, 0) is 6.42 Å². The quantitative estimate of drug-likeness (QED) is 0.549. The fourth-order valence-electron chi connectivity index (χ4n) is 2.63. The van der Waals surface area contributed by atoms with Crippen LogP contribution < -0.4 is 5.32 Å². The van der Waals surface area contributed by atoms with Gasteiger partial charge >= 0.3 is 0 Å². The number of rotatable bonds is 5. The van der Waals surface area contributed by atoms with Gasteiger partial charge in [0.1, 0.15) is 12.1 Å². The first-order chi connectivity index (χ1) is 12.3. The lowest BCUT2D eigenvalue weighted by molar-refractivity contribution is 1.15. The van der Waals surface area contributed by atoms with E-state index < -0.39 is 0 Å². The van der Waals surface area contributed by atoms with E-state index in [2.05, 4.69) is 58.3 Å². The summed E-state index contributed by atoms with van der Waals surface area (Å²) < 4.78 is 1.18. The first-order valence-corrected chi connectivity index (χ1v) is 8.76. The van der Waals surface area contributed by atoms with Crippen LogP contribution in [0.5, 0.6) is 0 Å². The zero-order valence-corrected chi connectivity index (χ0v) is 14.3. The van der Waals surface area contributed by atoms with Crippen molar-refractivity contribution < 1.29 is 0 Å². The van der Waals surface area contributed by atoms with Gasteiger partial charge in [0.2, 0.25) is 0 Å². The maximum atomic E-state index is 4.78. The molecule has 4 nitrogen and oxygen atoms in total. The van der Waals surface area contributed by atoms with Crippen molar-refractivity contribution in [3.63, 3.8) is 0 Å². The van der Waals surface area contributed by atoms with Gasteiger partial charge in [0.05, 0.1) is 15.2 Å². The van der Waals surface area contributed by atoms with E-state index in [-0.39, 0.29) is 0 Å². The highest BCUT2D eigenvalue weighted by atomic mass is 32.1. The summed E-state index contributed by atoms with van der Waals surface area (Å²) in [5, 5.41) is 4.43. The van der Waals surface area contributed by atoms with Gasteiger partial charge in [-0.1, -0.05) is 43.0 Å². The Bertz CT molecular complexity index is 1020. The van der Waals surface area contributed by atoms with Crippen LogP contribution in [0.2, 0.25) is 0 Å². The number of hydrogen-bond donors (Lipinski definition) is 1. The van der Waals surface area contributed by atoms with E-state index in [9.17, 15) is 0 Å². The highest BCUT2D eigenvalue weighted by molar-refractivity contribution is 7.18. The van der Waals surface area contributed by atoms with Gasteiger partial charge in [0, 0.05) is 23.9 Å². The van der Waals surface area contributed by atoms with Gasteiger partial charge in [-0.15, -0.1) is 11.3 Å². The van der Waals surface area contributed by atoms with E-state index in [1.54, 1.807) is 23.6 Å². The zero-order valence-electron chi connectivity index (χ0n) is 13.5. The molecule has 0 unspecified atom stereocenters. The topological polar surface area (TPSA) is 50.7 Å².